The van der Waals surface area contributed by atoms with Gasteiger partial charge in [-0.3, -0.25) is 4.79 Å². The Labute approximate surface area is 156 Å². The summed E-state index contributed by atoms with van der Waals surface area (Å²) >= 11 is 0. The van der Waals surface area contributed by atoms with E-state index < -0.39 is 12.1 Å². The van der Waals surface area contributed by atoms with Crippen LogP contribution in [0.25, 0.3) is 11.0 Å². The Morgan fingerprint density at radius 2 is 1.89 bits per heavy atom. The lowest BCUT2D eigenvalue weighted by molar-refractivity contribution is -0.192. The number of carboxylic acid groups (broad SMARTS) is 1. The minimum absolute atomic E-state index is 0.0901. The van der Waals surface area contributed by atoms with Crippen molar-refractivity contribution >= 4 is 28.7 Å². The summed E-state index contributed by atoms with van der Waals surface area (Å²) in [6, 6.07) is 7.91. The van der Waals surface area contributed by atoms with Crippen molar-refractivity contribution < 1.29 is 27.9 Å². The number of carbonyl (C=O) groups excluding carboxylic acids is 1. The molecule has 0 fully saturated rings. The van der Waals surface area contributed by atoms with Gasteiger partial charge in [0.1, 0.15) is 5.82 Å². The molecule has 3 rings (SSSR count). The summed E-state index contributed by atoms with van der Waals surface area (Å²) in [5, 5.41) is 17.8. The van der Waals surface area contributed by atoms with Gasteiger partial charge in [-0.2, -0.15) is 23.1 Å². The van der Waals surface area contributed by atoms with Crippen LogP contribution in [0, 0.1) is 6.92 Å². The molecule has 12 heteroatoms. The number of rotatable bonds is 4. The van der Waals surface area contributed by atoms with Gasteiger partial charge in [0.2, 0.25) is 5.91 Å². The lowest BCUT2D eigenvalue weighted by Gasteiger charge is -2.06. The van der Waals surface area contributed by atoms with Gasteiger partial charge in [-0.1, -0.05) is 12.1 Å². The number of anilines is 1. The maximum atomic E-state index is 11.9. The molecule has 0 radical (unpaired) electrons. The number of halogens is 3. The SMILES string of the molecule is Cc1nc2ccccc2n1CCC(=O)Nc1cnn(C)n1.O=C(O)C(F)(F)F. The molecule has 9 nitrogen and oxygen atoms in total. The van der Waals surface area contributed by atoms with Crippen molar-refractivity contribution in [3.63, 3.8) is 0 Å². The van der Waals surface area contributed by atoms with Crippen LogP contribution in [0.5, 0.6) is 0 Å². The number of para-hydroxylation sites is 2. The molecule has 3 aromatic rings. The van der Waals surface area contributed by atoms with Crippen molar-refractivity contribution in [1.29, 1.82) is 0 Å². The topological polar surface area (TPSA) is 115 Å². The fourth-order valence-corrected chi connectivity index (χ4v) is 2.30. The zero-order valence-corrected chi connectivity index (χ0v) is 14.9. The molecule has 0 unspecified atom stereocenters. The van der Waals surface area contributed by atoms with Crippen LogP contribution in [0.15, 0.2) is 30.5 Å². The molecule has 1 amide bonds. The molecule has 2 aromatic heterocycles. The van der Waals surface area contributed by atoms with E-state index in [-0.39, 0.29) is 5.91 Å². The van der Waals surface area contributed by atoms with Crippen molar-refractivity contribution in [2.45, 2.75) is 26.1 Å². The number of alkyl halides is 3. The summed E-state index contributed by atoms with van der Waals surface area (Å²) in [7, 11) is 1.71. The quantitative estimate of drug-likeness (QED) is 0.696. The van der Waals surface area contributed by atoms with E-state index in [9.17, 15) is 18.0 Å². The summed E-state index contributed by atoms with van der Waals surface area (Å²) in [5.41, 5.74) is 1.99. The molecule has 0 aliphatic heterocycles. The maximum Gasteiger partial charge on any atom is 0.490 e. The highest BCUT2D eigenvalue weighted by molar-refractivity contribution is 5.89. The summed E-state index contributed by atoms with van der Waals surface area (Å²) in [6.45, 7) is 2.53. The van der Waals surface area contributed by atoms with E-state index in [2.05, 4.69) is 20.5 Å². The highest BCUT2D eigenvalue weighted by atomic mass is 19.4. The van der Waals surface area contributed by atoms with E-state index in [1.807, 2.05) is 35.8 Å². The Balaban J connectivity index is 0.000000345. The molecule has 2 N–H and O–H groups in total. The Morgan fingerprint density at radius 3 is 2.46 bits per heavy atom. The summed E-state index contributed by atoms with van der Waals surface area (Å²) in [6.07, 6.45) is -3.20. The number of fused-ring (bicyclic) bond motifs is 1. The minimum Gasteiger partial charge on any atom is -0.475 e. The third kappa shape index (κ3) is 5.53. The van der Waals surface area contributed by atoms with Crippen LogP contribution in [-0.2, 0) is 23.2 Å². The van der Waals surface area contributed by atoms with Crippen LogP contribution in [-0.4, -0.2) is 47.7 Å². The number of aliphatic carboxylic acids is 1. The zero-order chi connectivity index (χ0) is 20.9. The van der Waals surface area contributed by atoms with Gasteiger partial charge in [0, 0.05) is 20.0 Å². The highest BCUT2D eigenvalue weighted by Gasteiger charge is 2.38. The van der Waals surface area contributed by atoms with Crippen molar-refractivity contribution in [1.82, 2.24) is 24.5 Å². The minimum atomic E-state index is -5.08. The number of nitrogens with zero attached hydrogens (tertiary/aromatic N) is 5. The second-order valence-corrected chi connectivity index (χ2v) is 5.62. The lowest BCUT2D eigenvalue weighted by Crippen LogP contribution is -2.21. The Morgan fingerprint density at radius 1 is 1.25 bits per heavy atom. The number of benzene rings is 1. The number of carboxylic acids is 1. The van der Waals surface area contributed by atoms with Gasteiger partial charge in [-0.25, -0.2) is 9.78 Å². The smallest absolute Gasteiger partial charge is 0.475 e. The van der Waals surface area contributed by atoms with Gasteiger partial charge >= 0.3 is 12.1 Å². The van der Waals surface area contributed by atoms with E-state index in [0.29, 0.717) is 18.8 Å². The van der Waals surface area contributed by atoms with E-state index in [1.54, 1.807) is 7.05 Å². The number of carbonyl (C=O) groups is 2. The first-order valence-corrected chi connectivity index (χ1v) is 7.96. The first kappa shape index (κ1) is 20.9. The highest BCUT2D eigenvalue weighted by Crippen LogP contribution is 2.16. The first-order valence-electron chi connectivity index (χ1n) is 7.96. The monoisotopic (exact) mass is 398 g/mol. The lowest BCUT2D eigenvalue weighted by atomic mass is 10.3. The van der Waals surface area contributed by atoms with E-state index >= 15 is 0 Å². The third-order valence-electron chi connectivity index (χ3n) is 3.52. The summed E-state index contributed by atoms with van der Waals surface area (Å²) < 4.78 is 33.8. The number of hydrogen-bond acceptors (Lipinski definition) is 5. The second kappa shape index (κ2) is 8.50. The molecule has 28 heavy (non-hydrogen) atoms. The van der Waals surface area contributed by atoms with Gasteiger partial charge in [0.15, 0.2) is 5.82 Å². The molecular formula is C16H17F3N6O3. The average molecular weight is 398 g/mol. The molecule has 1 aromatic carbocycles. The zero-order valence-electron chi connectivity index (χ0n) is 14.9. The predicted octanol–water partition coefficient (Wildman–Crippen LogP) is 2.14. The molecule has 0 bridgehead atoms. The Bertz CT molecular complexity index is 980. The third-order valence-corrected chi connectivity index (χ3v) is 3.52. The average Bonchev–Trinajstić information content (AvgIpc) is 3.14. The van der Waals surface area contributed by atoms with Crippen LogP contribution in [0.3, 0.4) is 0 Å². The second-order valence-electron chi connectivity index (χ2n) is 5.62. The number of amides is 1. The fraction of sp³-hybridized carbons (Fsp3) is 0.312. The molecule has 0 aliphatic carbocycles. The van der Waals surface area contributed by atoms with Gasteiger partial charge in [-0.15, -0.1) is 5.10 Å². The number of aromatic nitrogens is 5. The largest absolute Gasteiger partial charge is 0.490 e. The molecule has 2 heterocycles. The standard InChI is InChI=1S/C14H16N6O.C2HF3O2/c1-10-16-11-5-3-4-6-12(11)20(10)8-7-14(21)17-13-9-15-19(2)18-13;3-2(4,5)1(6)7/h3-6,9H,7-8H2,1-2H3,(H,17,18,21);(H,6,7). The van der Waals surface area contributed by atoms with E-state index in [0.717, 1.165) is 16.9 Å². The van der Waals surface area contributed by atoms with Gasteiger partial charge in [0.25, 0.3) is 0 Å². The van der Waals surface area contributed by atoms with Crippen molar-refractivity contribution in [3.05, 3.63) is 36.3 Å². The van der Waals surface area contributed by atoms with Crippen LogP contribution >= 0.6 is 0 Å². The molecular weight excluding hydrogens is 381 g/mol. The number of nitrogens with one attached hydrogen (secondary N) is 1. The fourth-order valence-electron chi connectivity index (χ4n) is 2.30. The molecule has 0 spiro atoms. The van der Waals surface area contributed by atoms with Crippen LogP contribution in [0.1, 0.15) is 12.2 Å². The van der Waals surface area contributed by atoms with Crippen LogP contribution < -0.4 is 5.32 Å². The number of aryl methyl sites for hydroxylation is 3. The first-order chi connectivity index (χ1) is 13.1. The maximum absolute atomic E-state index is 11.9. The van der Waals surface area contributed by atoms with Crippen molar-refractivity contribution in [2.24, 2.45) is 7.05 Å². The van der Waals surface area contributed by atoms with E-state index in [4.69, 9.17) is 9.90 Å². The predicted molar refractivity (Wildman–Crippen MR) is 92.4 cm³/mol. The normalized spacial score (nSPS) is 11.0. The molecule has 0 saturated carbocycles. The van der Waals surface area contributed by atoms with Crippen molar-refractivity contribution in [3.8, 4) is 0 Å². The molecule has 0 atom stereocenters. The summed E-state index contributed by atoms with van der Waals surface area (Å²) in [4.78, 5) is 26.7. The molecule has 150 valence electrons. The molecule has 0 aliphatic rings. The van der Waals surface area contributed by atoms with Gasteiger partial charge < -0.3 is 15.0 Å². The summed E-state index contributed by atoms with van der Waals surface area (Å²) in [5.74, 6) is -1.47. The van der Waals surface area contributed by atoms with Gasteiger partial charge in [0.05, 0.1) is 17.2 Å². The molecule has 0 saturated heterocycles. The van der Waals surface area contributed by atoms with Crippen LogP contribution in [0.2, 0.25) is 0 Å². The number of imidazole rings is 1. The Kier molecular flexibility index (Phi) is 6.33. The van der Waals surface area contributed by atoms with E-state index in [1.165, 1.54) is 11.0 Å². The van der Waals surface area contributed by atoms with Crippen molar-refractivity contribution in [2.75, 3.05) is 5.32 Å². The number of hydrogen-bond donors (Lipinski definition) is 2. The van der Waals surface area contributed by atoms with Crippen LogP contribution in [0.4, 0.5) is 19.0 Å². The van der Waals surface area contributed by atoms with Gasteiger partial charge in [-0.05, 0) is 19.1 Å². The Hall–Kier alpha value is -3.44.